The third kappa shape index (κ3) is 4.06. The van der Waals surface area contributed by atoms with E-state index in [-0.39, 0.29) is 17.4 Å². The lowest BCUT2D eigenvalue weighted by Crippen LogP contribution is -2.36. The van der Waals surface area contributed by atoms with Gasteiger partial charge in [0.2, 0.25) is 5.91 Å². The van der Waals surface area contributed by atoms with Gasteiger partial charge in [-0.1, -0.05) is 25.1 Å². The molecule has 104 valence electrons. The zero-order valence-corrected chi connectivity index (χ0v) is 11.3. The standard InChI is InChI=1S/C14H20N2O3/c1-10(9-15)13(17)16(2)8-7-11-5-3-4-6-12(11)14(18)19/h3-6,10H,7-9,15H2,1-2H3,(H,18,19). The van der Waals surface area contributed by atoms with Crippen molar-refractivity contribution in [1.82, 2.24) is 4.90 Å². The first-order valence-corrected chi connectivity index (χ1v) is 6.23. The van der Waals surface area contributed by atoms with Gasteiger partial charge in [0.1, 0.15) is 0 Å². The molecular formula is C14H20N2O3. The van der Waals surface area contributed by atoms with Gasteiger partial charge in [-0.15, -0.1) is 0 Å². The summed E-state index contributed by atoms with van der Waals surface area (Å²) in [7, 11) is 1.71. The van der Waals surface area contributed by atoms with Gasteiger partial charge in [-0.05, 0) is 18.1 Å². The lowest BCUT2D eigenvalue weighted by molar-refractivity contribution is -0.133. The van der Waals surface area contributed by atoms with Crippen LogP contribution >= 0.6 is 0 Å². The maximum Gasteiger partial charge on any atom is 0.335 e. The van der Waals surface area contributed by atoms with Gasteiger partial charge < -0.3 is 15.7 Å². The largest absolute Gasteiger partial charge is 0.478 e. The maximum atomic E-state index is 11.8. The second-order valence-electron chi connectivity index (χ2n) is 4.61. The first-order valence-electron chi connectivity index (χ1n) is 6.23. The number of carboxylic acid groups (broad SMARTS) is 1. The van der Waals surface area contributed by atoms with Gasteiger partial charge in [0, 0.05) is 26.1 Å². The molecule has 0 aliphatic carbocycles. The Hall–Kier alpha value is -1.88. The average Bonchev–Trinajstić information content (AvgIpc) is 2.43. The van der Waals surface area contributed by atoms with Gasteiger partial charge in [-0.3, -0.25) is 4.79 Å². The molecule has 0 heterocycles. The lowest BCUT2D eigenvalue weighted by atomic mass is 10.0. The van der Waals surface area contributed by atoms with Crippen molar-refractivity contribution in [2.24, 2.45) is 11.7 Å². The number of carbonyl (C=O) groups excluding carboxylic acids is 1. The van der Waals surface area contributed by atoms with Gasteiger partial charge >= 0.3 is 5.97 Å². The first-order chi connectivity index (χ1) is 8.97. The third-order valence-electron chi connectivity index (χ3n) is 3.12. The second kappa shape index (κ2) is 6.89. The molecule has 1 aromatic rings. The van der Waals surface area contributed by atoms with E-state index in [1.54, 1.807) is 43.1 Å². The van der Waals surface area contributed by atoms with Crippen molar-refractivity contribution < 1.29 is 14.7 Å². The molecule has 1 atom stereocenters. The van der Waals surface area contributed by atoms with Crippen molar-refractivity contribution in [3.8, 4) is 0 Å². The predicted octanol–water partition coefficient (Wildman–Crippen LogP) is 0.980. The number of benzene rings is 1. The molecular weight excluding hydrogens is 244 g/mol. The van der Waals surface area contributed by atoms with Crippen LogP contribution in [-0.2, 0) is 11.2 Å². The van der Waals surface area contributed by atoms with Crippen LogP contribution in [-0.4, -0.2) is 42.0 Å². The minimum atomic E-state index is -0.945. The molecule has 0 aliphatic heterocycles. The van der Waals surface area contributed by atoms with Crippen LogP contribution in [0.3, 0.4) is 0 Å². The fourth-order valence-corrected chi connectivity index (χ4v) is 1.82. The Bertz CT molecular complexity index is 460. The van der Waals surface area contributed by atoms with Crippen molar-refractivity contribution in [2.45, 2.75) is 13.3 Å². The summed E-state index contributed by atoms with van der Waals surface area (Å²) in [6, 6.07) is 6.83. The Morgan fingerprint density at radius 2 is 2.00 bits per heavy atom. The van der Waals surface area contributed by atoms with Gasteiger partial charge in [-0.25, -0.2) is 4.79 Å². The molecule has 0 bridgehead atoms. The minimum Gasteiger partial charge on any atom is -0.478 e. The van der Waals surface area contributed by atoms with Crippen LogP contribution in [0, 0.1) is 5.92 Å². The van der Waals surface area contributed by atoms with E-state index in [1.165, 1.54) is 0 Å². The Balaban J connectivity index is 2.67. The number of hydrogen-bond acceptors (Lipinski definition) is 3. The first kappa shape index (κ1) is 15.2. The van der Waals surface area contributed by atoms with E-state index in [0.717, 1.165) is 5.56 Å². The van der Waals surface area contributed by atoms with E-state index in [9.17, 15) is 9.59 Å². The van der Waals surface area contributed by atoms with E-state index in [4.69, 9.17) is 10.8 Å². The summed E-state index contributed by atoms with van der Waals surface area (Å²) in [5.74, 6) is -1.17. The Kier molecular flexibility index (Phi) is 5.51. The number of carbonyl (C=O) groups is 2. The number of carboxylic acids is 1. The predicted molar refractivity (Wildman–Crippen MR) is 73.0 cm³/mol. The molecule has 1 rings (SSSR count). The molecule has 1 unspecified atom stereocenters. The molecule has 0 saturated heterocycles. The van der Waals surface area contributed by atoms with E-state index in [0.29, 0.717) is 19.5 Å². The van der Waals surface area contributed by atoms with Crippen LogP contribution in [0.15, 0.2) is 24.3 Å². The zero-order chi connectivity index (χ0) is 14.4. The summed E-state index contributed by atoms with van der Waals surface area (Å²) in [6.07, 6.45) is 0.516. The Morgan fingerprint density at radius 3 is 2.58 bits per heavy atom. The van der Waals surface area contributed by atoms with E-state index >= 15 is 0 Å². The summed E-state index contributed by atoms with van der Waals surface area (Å²) < 4.78 is 0. The number of nitrogens with zero attached hydrogens (tertiary/aromatic N) is 1. The minimum absolute atomic E-state index is 0.0182. The Morgan fingerprint density at radius 1 is 1.37 bits per heavy atom. The molecule has 1 aromatic carbocycles. The van der Waals surface area contributed by atoms with Gasteiger partial charge in [-0.2, -0.15) is 0 Å². The van der Waals surface area contributed by atoms with Crippen LogP contribution in [0.5, 0.6) is 0 Å². The second-order valence-corrected chi connectivity index (χ2v) is 4.61. The van der Waals surface area contributed by atoms with Crippen LogP contribution < -0.4 is 5.73 Å². The summed E-state index contributed by atoms with van der Waals surface area (Å²) in [5.41, 5.74) is 6.48. The summed E-state index contributed by atoms with van der Waals surface area (Å²) in [4.78, 5) is 24.5. The molecule has 5 heteroatoms. The van der Waals surface area contributed by atoms with Gasteiger partial charge in [0.05, 0.1) is 5.56 Å². The highest BCUT2D eigenvalue weighted by atomic mass is 16.4. The van der Waals surface area contributed by atoms with E-state index in [2.05, 4.69) is 0 Å². The maximum absolute atomic E-state index is 11.8. The van der Waals surface area contributed by atoms with Crippen LogP contribution in [0.1, 0.15) is 22.8 Å². The molecule has 0 aromatic heterocycles. The lowest BCUT2D eigenvalue weighted by Gasteiger charge is -2.20. The van der Waals surface area contributed by atoms with Crippen molar-refractivity contribution in [3.63, 3.8) is 0 Å². The molecule has 0 aliphatic rings. The Labute approximate surface area is 113 Å². The highest BCUT2D eigenvalue weighted by molar-refractivity contribution is 5.89. The van der Waals surface area contributed by atoms with Gasteiger partial charge in [0.25, 0.3) is 0 Å². The quantitative estimate of drug-likeness (QED) is 0.802. The summed E-state index contributed by atoms with van der Waals surface area (Å²) in [6.45, 7) is 2.58. The van der Waals surface area contributed by atoms with Crippen molar-refractivity contribution in [2.75, 3.05) is 20.1 Å². The molecule has 5 nitrogen and oxygen atoms in total. The molecule has 0 spiro atoms. The number of aromatic carboxylic acids is 1. The zero-order valence-electron chi connectivity index (χ0n) is 11.3. The normalized spacial score (nSPS) is 11.9. The molecule has 0 radical (unpaired) electrons. The van der Waals surface area contributed by atoms with E-state index in [1.807, 2.05) is 0 Å². The van der Waals surface area contributed by atoms with Crippen LogP contribution in [0.2, 0.25) is 0 Å². The fraction of sp³-hybridized carbons (Fsp3) is 0.429. The van der Waals surface area contributed by atoms with Crippen molar-refractivity contribution in [1.29, 1.82) is 0 Å². The van der Waals surface area contributed by atoms with Crippen molar-refractivity contribution >= 4 is 11.9 Å². The topological polar surface area (TPSA) is 83.6 Å². The van der Waals surface area contributed by atoms with Crippen LogP contribution in [0.25, 0.3) is 0 Å². The molecule has 19 heavy (non-hydrogen) atoms. The molecule has 1 amide bonds. The highest BCUT2D eigenvalue weighted by Gasteiger charge is 2.16. The van der Waals surface area contributed by atoms with Gasteiger partial charge in [0.15, 0.2) is 0 Å². The molecule has 3 N–H and O–H groups in total. The van der Waals surface area contributed by atoms with Crippen molar-refractivity contribution in [3.05, 3.63) is 35.4 Å². The smallest absolute Gasteiger partial charge is 0.335 e. The number of likely N-dealkylation sites (N-methyl/N-ethyl adjacent to an activating group) is 1. The average molecular weight is 264 g/mol. The van der Waals surface area contributed by atoms with E-state index < -0.39 is 5.97 Å². The summed E-state index contributed by atoms with van der Waals surface area (Å²) >= 11 is 0. The van der Waals surface area contributed by atoms with Crippen LogP contribution in [0.4, 0.5) is 0 Å². The fourth-order valence-electron chi connectivity index (χ4n) is 1.82. The molecule has 0 fully saturated rings. The molecule has 0 saturated carbocycles. The SMILES string of the molecule is CC(CN)C(=O)N(C)CCc1ccccc1C(=O)O. The number of amides is 1. The number of hydrogen-bond donors (Lipinski definition) is 2. The highest BCUT2D eigenvalue weighted by Crippen LogP contribution is 2.10. The number of rotatable bonds is 6. The number of nitrogens with two attached hydrogens (primary N) is 1. The third-order valence-corrected chi connectivity index (χ3v) is 3.12. The monoisotopic (exact) mass is 264 g/mol. The summed E-state index contributed by atoms with van der Waals surface area (Å²) in [5, 5.41) is 9.07.